The summed E-state index contributed by atoms with van der Waals surface area (Å²) in [6, 6.07) is 0. The fourth-order valence-electron chi connectivity index (χ4n) is 7.43. The second-order valence-electron chi connectivity index (χ2n) is 17.8. The van der Waals surface area contributed by atoms with Crippen LogP contribution in [0.5, 0.6) is 0 Å². The number of rotatable bonds is 44. The van der Waals surface area contributed by atoms with Crippen molar-refractivity contribution in [3.8, 4) is 0 Å². The van der Waals surface area contributed by atoms with Crippen molar-refractivity contribution in [2.75, 3.05) is 13.2 Å². The first kappa shape index (κ1) is 54.4. The van der Waals surface area contributed by atoms with Crippen LogP contribution < -0.4 is 0 Å². The molecule has 0 amide bonds. The van der Waals surface area contributed by atoms with E-state index in [0.29, 0.717) is 19.3 Å². The molecule has 0 radical (unpaired) electrons. The molecule has 332 valence electrons. The summed E-state index contributed by atoms with van der Waals surface area (Å²) >= 11 is 0. The zero-order valence-electron chi connectivity index (χ0n) is 38.3. The van der Waals surface area contributed by atoms with Crippen LogP contribution in [0.15, 0.2) is 0 Å². The Morgan fingerprint density at radius 2 is 0.679 bits per heavy atom. The summed E-state index contributed by atoms with van der Waals surface area (Å²) in [4.78, 5) is 37.7. The van der Waals surface area contributed by atoms with E-state index in [1.165, 1.54) is 161 Å². The van der Waals surface area contributed by atoms with Gasteiger partial charge in [-0.25, -0.2) is 0 Å². The predicted molar refractivity (Wildman–Crippen MR) is 238 cm³/mol. The first-order chi connectivity index (χ1) is 27.3. The molecule has 0 aliphatic carbocycles. The molecule has 0 aromatic heterocycles. The zero-order chi connectivity index (χ0) is 41.2. The van der Waals surface area contributed by atoms with Gasteiger partial charge in [0.2, 0.25) is 0 Å². The molecular formula is C50H96O6. The fraction of sp³-hybridized carbons (Fsp3) is 0.940. The van der Waals surface area contributed by atoms with Crippen molar-refractivity contribution in [2.24, 2.45) is 11.8 Å². The molecule has 0 aromatic rings. The van der Waals surface area contributed by atoms with Crippen LogP contribution in [-0.2, 0) is 28.6 Å². The van der Waals surface area contributed by atoms with E-state index in [1.807, 2.05) is 0 Å². The van der Waals surface area contributed by atoms with Gasteiger partial charge in [0.05, 0.1) is 0 Å². The Morgan fingerprint density at radius 3 is 1.02 bits per heavy atom. The molecule has 56 heavy (non-hydrogen) atoms. The Balaban J connectivity index is 4.20. The Bertz CT molecular complexity index is 856. The van der Waals surface area contributed by atoms with E-state index < -0.39 is 6.10 Å². The van der Waals surface area contributed by atoms with Gasteiger partial charge in [0, 0.05) is 19.3 Å². The van der Waals surface area contributed by atoms with E-state index in [0.717, 1.165) is 69.6 Å². The van der Waals surface area contributed by atoms with E-state index in [9.17, 15) is 14.4 Å². The number of carbonyl (C=O) groups is 3. The molecule has 0 saturated carbocycles. The van der Waals surface area contributed by atoms with Gasteiger partial charge in [-0.1, -0.05) is 234 Å². The molecule has 6 nitrogen and oxygen atoms in total. The molecule has 0 aliphatic rings. The van der Waals surface area contributed by atoms with Crippen LogP contribution in [0, 0.1) is 11.8 Å². The fourth-order valence-corrected chi connectivity index (χ4v) is 7.43. The van der Waals surface area contributed by atoms with Gasteiger partial charge in [-0.05, 0) is 31.1 Å². The second-order valence-corrected chi connectivity index (χ2v) is 17.8. The van der Waals surface area contributed by atoms with E-state index >= 15 is 0 Å². The smallest absolute Gasteiger partial charge is 0.306 e. The highest BCUT2D eigenvalue weighted by molar-refractivity contribution is 5.71. The highest BCUT2D eigenvalue weighted by Crippen LogP contribution is 2.18. The lowest BCUT2D eigenvalue weighted by molar-refractivity contribution is -0.167. The van der Waals surface area contributed by atoms with Crippen molar-refractivity contribution >= 4 is 17.9 Å². The standard InChI is InChI=1S/C50H96O6/c1-6-8-9-10-23-30-35-40-48(51)54-43-47(56-50(53)42-37-32-27-22-18-17-19-24-28-33-38-45(3)4)44-55-49(52)41-36-31-26-21-16-14-12-11-13-15-20-25-29-34-39-46(5)7-2/h45-47H,6-44H2,1-5H3/t46?,47-/m1/s1. The molecule has 0 fully saturated rings. The summed E-state index contributed by atoms with van der Waals surface area (Å²) < 4.78 is 16.7. The average Bonchev–Trinajstić information content (AvgIpc) is 3.18. The van der Waals surface area contributed by atoms with Crippen LogP contribution in [0.4, 0.5) is 0 Å². The molecule has 6 heteroatoms. The Morgan fingerprint density at radius 1 is 0.375 bits per heavy atom. The third-order valence-electron chi connectivity index (χ3n) is 11.6. The molecule has 0 spiro atoms. The minimum Gasteiger partial charge on any atom is -0.462 e. The van der Waals surface area contributed by atoms with E-state index in [2.05, 4.69) is 34.6 Å². The maximum Gasteiger partial charge on any atom is 0.306 e. The van der Waals surface area contributed by atoms with Crippen LogP contribution in [0.1, 0.15) is 272 Å². The van der Waals surface area contributed by atoms with Crippen LogP contribution in [0.25, 0.3) is 0 Å². The Labute approximate surface area is 348 Å². The van der Waals surface area contributed by atoms with Gasteiger partial charge in [-0.15, -0.1) is 0 Å². The first-order valence-electron chi connectivity index (χ1n) is 24.8. The number of carbonyl (C=O) groups excluding carboxylic acids is 3. The second kappa shape index (κ2) is 43.0. The molecule has 0 N–H and O–H groups in total. The molecule has 2 atom stereocenters. The predicted octanol–water partition coefficient (Wildman–Crippen LogP) is 15.8. The van der Waals surface area contributed by atoms with Gasteiger partial charge in [0.15, 0.2) is 6.10 Å². The van der Waals surface area contributed by atoms with Gasteiger partial charge < -0.3 is 14.2 Å². The minimum absolute atomic E-state index is 0.0645. The number of ether oxygens (including phenoxy) is 3. The number of hydrogen-bond donors (Lipinski definition) is 0. The molecule has 0 heterocycles. The maximum absolute atomic E-state index is 12.7. The van der Waals surface area contributed by atoms with Crippen LogP contribution in [0.3, 0.4) is 0 Å². The monoisotopic (exact) mass is 793 g/mol. The van der Waals surface area contributed by atoms with Crippen molar-refractivity contribution in [1.29, 1.82) is 0 Å². The number of hydrogen-bond acceptors (Lipinski definition) is 6. The molecule has 1 unspecified atom stereocenters. The third kappa shape index (κ3) is 42.0. The van der Waals surface area contributed by atoms with E-state index in [-0.39, 0.29) is 31.1 Å². The van der Waals surface area contributed by atoms with Crippen molar-refractivity contribution in [2.45, 2.75) is 278 Å². The summed E-state index contributed by atoms with van der Waals surface area (Å²) in [6.07, 6.45) is 42.4. The lowest BCUT2D eigenvalue weighted by Crippen LogP contribution is -2.30. The number of unbranched alkanes of at least 4 members (excludes halogenated alkanes) is 28. The van der Waals surface area contributed by atoms with Gasteiger partial charge >= 0.3 is 17.9 Å². The van der Waals surface area contributed by atoms with Crippen LogP contribution in [-0.4, -0.2) is 37.2 Å². The SMILES string of the molecule is CCCCCCCCCC(=O)OC[C@H](COC(=O)CCCCCCCCCCCCCCCCC(C)CC)OC(=O)CCCCCCCCCCCCC(C)C. The minimum atomic E-state index is -0.760. The van der Waals surface area contributed by atoms with Gasteiger partial charge in [-0.3, -0.25) is 14.4 Å². The summed E-state index contributed by atoms with van der Waals surface area (Å²) in [5.41, 5.74) is 0. The van der Waals surface area contributed by atoms with Crippen molar-refractivity contribution in [3.63, 3.8) is 0 Å². The zero-order valence-corrected chi connectivity index (χ0v) is 38.3. The van der Waals surface area contributed by atoms with Crippen molar-refractivity contribution in [1.82, 2.24) is 0 Å². The number of esters is 3. The van der Waals surface area contributed by atoms with Crippen molar-refractivity contribution < 1.29 is 28.6 Å². The van der Waals surface area contributed by atoms with E-state index in [1.54, 1.807) is 0 Å². The first-order valence-corrected chi connectivity index (χ1v) is 24.8. The molecule has 0 aliphatic heterocycles. The van der Waals surface area contributed by atoms with E-state index in [4.69, 9.17) is 14.2 Å². The molecule has 0 bridgehead atoms. The molecule has 0 rings (SSSR count). The Hall–Kier alpha value is -1.59. The topological polar surface area (TPSA) is 78.9 Å². The summed E-state index contributed by atoms with van der Waals surface area (Å²) in [7, 11) is 0. The largest absolute Gasteiger partial charge is 0.462 e. The summed E-state index contributed by atoms with van der Waals surface area (Å²) in [5.74, 6) is 0.854. The van der Waals surface area contributed by atoms with Gasteiger partial charge in [0.25, 0.3) is 0 Å². The summed E-state index contributed by atoms with van der Waals surface area (Å²) in [6.45, 7) is 11.4. The highest BCUT2D eigenvalue weighted by Gasteiger charge is 2.19. The molecular weight excluding hydrogens is 697 g/mol. The lowest BCUT2D eigenvalue weighted by atomic mass is 9.99. The van der Waals surface area contributed by atoms with Crippen molar-refractivity contribution in [3.05, 3.63) is 0 Å². The summed E-state index contributed by atoms with van der Waals surface area (Å²) in [5, 5.41) is 0. The van der Waals surface area contributed by atoms with Gasteiger partial charge in [0.1, 0.15) is 13.2 Å². The average molecular weight is 793 g/mol. The van der Waals surface area contributed by atoms with Crippen LogP contribution in [0.2, 0.25) is 0 Å². The van der Waals surface area contributed by atoms with Gasteiger partial charge in [-0.2, -0.15) is 0 Å². The third-order valence-corrected chi connectivity index (χ3v) is 11.6. The Kier molecular flexibility index (Phi) is 41.8. The molecule has 0 saturated heterocycles. The highest BCUT2D eigenvalue weighted by atomic mass is 16.6. The quantitative estimate of drug-likeness (QED) is 0.0347. The van der Waals surface area contributed by atoms with Crippen LogP contribution >= 0.6 is 0 Å². The lowest BCUT2D eigenvalue weighted by Gasteiger charge is -2.18. The normalized spacial score (nSPS) is 12.5. The molecule has 0 aromatic carbocycles. The maximum atomic E-state index is 12.7.